The molecule has 0 radical (unpaired) electrons. The Morgan fingerprint density at radius 3 is 2.74 bits per heavy atom. The Balaban J connectivity index is 2.29. The second-order valence-corrected chi connectivity index (χ2v) is 5.64. The summed E-state index contributed by atoms with van der Waals surface area (Å²) in [4.78, 5) is 18.7. The normalized spacial score (nSPS) is 11.1. The van der Waals surface area contributed by atoms with Crippen molar-refractivity contribution >= 4 is 33.5 Å². The average Bonchev–Trinajstić information content (AvgIpc) is 2.69. The van der Waals surface area contributed by atoms with Crippen LogP contribution in [0.4, 0.5) is 0 Å². The molecule has 2 heterocycles. The highest BCUT2D eigenvalue weighted by Gasteiger charge is 2.07. The van der Waals surface area contributed by atoms with E-state index in [4.69, 9.17) is 0 Å². The summed E-state index contributed by atoms with van der Waals surface area (Å²) in [7, 11) is 0. The van der Waals surface area contributed by atoms with Gasteiger partial charge in [-0.3, -0.25) is 4.79 Å². The molecule has 0 aliphatic rings. The van der Waals surface area contributed by atoms with Crippen molar-refractivity contribution in [3.63, 3.8) is 0 Å². The Kier molecular flexibility index (Phi) is 2.93. The maximum atomic E-state index is 11.4. The molecule has 0 saturated heterocycles. The zero-order valence-electron chi connectivity index (χ0n) is 10.6. The van der Waals surface area contributed by atoms with E-state index < -0.39 is 0 Å². The number of nitrogens with one attached hydrogen (secondary N) is 1. The van der Waals surface area contributed by atoms with Crippen LogP contribution >= 0.6 is 22.6 Å². The average molecular weight is 365 g/mol. The van der Waals surface area contributed by atoms with Crippen LogP contribution in [0.2, 0.25) is 0 Å². The van der Waals surface area contributed by atoms with Crippen LogP contribution in [-0.4, -0.2) is 14.5 Å². The van der Waals surface area contributed by atoms with Gasteiger partial charge in [-0.25, -0.2) is 4.98 Å². The van der Waals surface area contributed by atoms with E-state index in [2.05, 4.69) is 49.3 Å². The maximum absolute atomic E-state index is 11.4. The van der Waals surface area contributed by atoms with Gasteiger partial charge in [0.2, 0.25) is 5.56 Å². The highest BCUT2D eigenvalue weighted by atomic mass is 127. The number of hydrogen-bond acceptors (Lipinski definition) is 2. The Morgan fingerprint density at radius 1 is 1.26 bits per heavy atom. The molecule has 0 atom stereocenters. The van der Waals surface area contributed by atoms with E-state index in [9.17, 15) is 4.79 Å². The van der Waals surface area contributed by atoms with Crippen LogP contribution in [0.5, 0.6) is 0 Å². The van der Waals surface area contributed by atoms with Crippen molar-refractivity contribution in [2.45, 2.75) is 13.8 Å². The zero-order valence-corrected chi connectivity index (χ0v) is 12.7. The van der Waals surface area contributed by atoms with Gasteiger partial charge in [0.15, 0.2) is 0 Å². The SMILES string of the molecule is Cc1cc(-n2cc(I)nc2C)cc2ccc(=O)[nH]c12. The van der Waals surface area contributed by atoms with Gasteiger partial charge in [0.25, 0.3) is 0 Å². The van der Waals surface area contributed by atoms with Gasteiger partial charge in [0, 0.05) is 23.3 Å². The standard InChI is InChI=1S/C14H12IN3O/c1-8-5-11(18-7-12(15)16-9(18)2)6-10-3-4-13(19)17-14(8)10/h3-7H,1-2H3,(H,17,19). The molecule has 0 spiro atoms. The van der Waals surface area contributed by atoms with Crippen LogP contribution in [0.1, 0.15) is 11.4 Å². The second-order valence-electron chi connectivity index (χ2n) is 4.53. The number of benzene rings is 1. The first-order valence-electron chi connectivity index (χ1n) is 5.90. The van der Waals surface area contributed by atoms with Gasteiger partial charge in [-0.1, -0.05) is 0 Å². The fourth-order valence-corrected chi connectivity index (χ4v) is 2.89. The van der Waals surface area contributed by atoms with Crippen LogP contribution in [0, 0.1) is 17.5 Å². The summed E-state index contributed by atoms with van der Waals surface area (Å²) in [6.45, 7) is 3.98. The van der Waals surface area contributed by atoms with Crippen LogP contribution in [0.3, 0.4) is 0 Å². The molecule has 1 N–H and O–H groups in total. The summed E-state index contributed by atoms with van der Waals surface area (Å²) >= 11 is 2.20. The highest BCUT2D eigenvalue weighted by molar-refractivity contribution is 14.1. The summed E-state index contributed by atoms with van der Waals surface area (Å²) in [6, 6.07) is 7.52. The number of nitrogens with zero attached hydrogens (tertiary/aromatic N) is 2. The summed E-state index contributed by atoms with van der Waals surface area (Å²) in [5.41, 5.74) is 2.93. The fourth-order valence-electron chi connectivity index (χ4n) is 2.27. The quantitative estimate of drug-likeness (QED) is 0.675. The number of aromatic nitrogens is 3. The van der Waals surface area contributed by atoms with Gasteiger partial charge in [-0.15, -0.1) is 0 Å². The Bertz CT molecular complexity index is 832. The van der Waals surface area contributed by atoms with Gasteiger partial charge in [0.1, 0.15) is 9.53 Å². The van der Waals surface area contributed by atoms with Crippen molar-refractivity contribution in [1.82, 2.24) is 14.5 Å². The monoisotopic (exact) mass is 365 g/mol. The first-order valence-corrected chi connectivity index (χ1v) is 6.98. The number of aromatic amines is 1. The van der Waals surface area contributed by atoms with Crippen molar-refractivity contribution < 1.29 is 0 Å². The molecule has 3 aromatic rings. The summed E-state index contributed by atoms with van der Waals surface area (Å²) in [6.07, 6.45) is 2.00. The van der Waals surface area contributed by atoms with E-state index in [0.717, 1.165) is 31.7 Å². The third-order valence-electron chi connectivity index (χ3n) is 3.14. The number of halogens is 1. The molecule has 5 heteroatoms. The topological polar surface area (TPSA) is 50.7 Å². The minimum Gasteiger partial charge on any atom is -0.322 e. The van der Waals surface area contributed by atoms with Gasteiger partial charge < -0.3 is 9.55 Å². The molecular weight excluding hydrogens is 353 g/mol. The Morgan fingerprint density at radius 2 is 2.05 bits per heavy atom. The van der Waals surface area contributed by atoms with Gasteiger partial charge in [-0.2, -0.15) is 0 Å². The molecule has 0 aliphatic carbocycles. The highest BCUT2D eigenvalue weighted by Crippen LogP contribution is 2.21. The molecule has 0 bridgehead atoms. The van der Waals surface area contributed by atoms with Crippen LogP contribution in [-0.2, 0) is 0 Å². The molecular formula is C14H12IN3O. The number of imidazole rings is 1. The Labute approximate surface area is 123 Å². The molecule has 0 fully saturated rings. The third kappa shape index (κ3) is 2.18. The van der Waals surface area contributed by atoms with Crippen molar-refractivity contribution in [3.05, 3.63) is 55.9 Å². The minimum atomic E-state index is -0.0725. The lowest BCUT2D eigenvalue weighted by molar-refractivity contribution is 0.974. The maximum Gasteiger partial charge on any atom is 0.248 e. The molecule has 0 saturated carbocycles. The lowest BCUT2D eigenvalue weighted by Gasteiger charge is -2.09. The van der Waals surface area contributed by atoms with Gasteiger partial charge in [-0.05, 0) is 60.2 Å². The predicted molar refractivity (Wildman–Crippen MR) is 83.9 cm³/mol. The number of H-pyrrole nitrogens is 1. The minimum absolute atomic E-state index is 0.0725. The van der Waals surface area contributed by atoms with Crippen molar-refractivity contribution in [3.8, 4) is 5.69 Å². The van der Waals surface area contributed by atoms with Gasteiger partial charge in [0.05, 0.1) is 5.52 Å². The number of pyridine rings is 1. The number of rotatable bonds is 1. The molecule has 2 aromatic heterocycles. The summed E-state index contributed by atoms with van der Waals surface area (Å²) in [5.74, 6) is 0.951. The lowest BCUT2D eigenvalue weighted by atomic mass is 10.1. The summed E-state index contributed by atoms with van der Waals surface area (Å²) < 4.78 is 3.02. The number of aryl methyl sites for hydroxylation is 2. The largest absolute Gasteiger partial charge is 0.322 e. The molecule has 0 unspecified atom stereocenters. The van der Waals surface area contributed by atoms with Crippen LogP contribution in [0.15, 0.2) is 35.3 Å². The fraction of sp³-hybridized carbons (Fsp3) is 0.143. The number of hydrogen-bond donors (Lipinski definition) is 1. The third-order valence-corrected chi connectivity index (χ3v) is 3.66. The van der Waals surface area contributed by atoms with E-state index in [-0.39, 0.29) is 5.56 Å². The van der Waals surface area contributed by atoms with E-state index in [1.807, 2.05) is 26.1 Å². The van der Waals surface area contributed by atoms with Crippen molar-refractivity contribution in [2.75, 3.05) is 0 Å². The molecule has 0 amide bonds. The molecule has 3 rings (SSSR count). The van der Waals surface area contributed by atoms with Crippen molar-refractivity contribution in [1.29, 1.82) is 0 Å². The lowest BCUT2D eigenvalue weighted by Crippen LogP contribution is -2.04. The van der Waals surface area contributed by atoms with Crippen LogP contribution in [0.25, 0.3) is 16.6 Å². The first-order chi connectivity index (χ1) is 9.04. The second kappa shape index (κ2) is 4.48. The molecule has 0 aliphatic heterocycles. The van der Waals surface area contributed by atoms with E-state index >= 15 is 0 Å². The first kappa shape index (κ1) is 12.4. The summed E-state index contributed by atoms with van der Waals surface area (Å²) in [5, 5.41) is 1.03. The predicted octanol–water partition coefficient (Wildman–Crippen LogP) is 2.94. The van der Waals surface area contributed by atoms with E-state index in [1.54, 1.807) is 6.07 Å². The number of fused-ring (bicyclic) bond motifs is 1. The molecule has 19 heavy (non-hydrogen) atoms. The molecule has 96 valence electrons. The van der Waals surface area contributed by atoms with E-state index in [0.29, 0.717) is 0 Å². The molecule has 1 aromatic carbocycles. The zero-order chi connectivity index (χ0) is 13.6. The Hall–Kier alpha value is -1.63. The van der Waals surface area contributed by atoms with Crippen LogP contribution < -0.4 is 5.56 Å². The molecule has 4 nitrogen and oxygen atoms in total. The van der Waals surface area contributed by atoms with Gasteiger partial charge >= 0.3 is 0 Å². The smallest absolute Gasteiger partial charge is 0.248 e. The van der Waals surface area contributed by atoms with E-state index in [1.165, 1.54) is 0 Å². The van der Waals surface area contributed by atoms with Crippen molar-refractivity contribution in [2.24, 2.45) is 0 Å².